The highest BCUT2D eigenvalue weighted by Crippen LogP contribution is 2.31. The van der Waals surface area contributed by atoms with Crippen LogP contribution < -0.4 is 11.0 Å². The van der Waals surface area contributed by atoms with Crippen LogP contribution in [0.2, 0.25) is 0 Å². The van der Waals surface area contributed by atoms with E-state index in [1.54, 1.807) is 0 Å². The van der Waals surface area contributed by atoms with E-state index >= 15 is 0 Å². The van der Waals surface area contributed by atoms with E-state index in [1.807, 2.05) is 12.1 Å². The lowest BCUT2D eigenvalue weighted by Gasteiger charge is -2.13. The average Bonchev–Trinajstić information content (AvgIpc) is 2.84. The zero-order chi connectivity index (χ0) is 12.0. The quantitative estimate of drug-likeness (QED) is 0.755. The molecular weight excluding hydrogens is 214 g/mol. The van der Waals surface area contributed by atoms with Crippen LogP contribution in [0.5, 0.6) is 0 Å². The second-order valence-electron chi connectivity index (χ2n) is 5.09. The molecule has 0 saturated heterocycles. The van der Waals surface area contributed by atoms with Crippen molar-refractivity contribution in [3.05, 3.63) is 34.2 Å². The van der Waals surface area contributed by atoms with Gasteiger partial charge in [0.1, 0.15) is 0 Å². The molecule has 1 aliphatic carbocycles. The van der Waals surface area contributed by atoms with E-state index in [9.17, 15) is 4.79 Å². The molecule has 0 amide bonds. The molecule has 2 aromatic rings. The average molecular weight is 231 g/mol. The first-order valence-electron chi connectivity index (χ1n) is 6.11. The van der Waals surface area contributed by atoms with Crippen molar-refractivity contribution < 1.29 is 0 Å². The first kappa shape index (κ1) is 10.6. The fourth-order valence-corrected chi connectivity index (χ4v) is 2.29. The molecule has 4 heteroatoms. The Morgan fingerprint density at radius 2 is 2.06 bits per heavy atom. The number of hydrogen-bond donors (Lipinski definition) is 3. The van der Waals surface area contributed by atoms with E-state index in [2.05, 4.69) is 35.2 Å². The molecule has 17 heavy (non-hydrogen) atoms. The van der Waals surface area contributed by atoms with Crippen molar-refractivity contribution in [2.75, 3.05) is 0 Å². The third-order valence-corrected chi connectivity index (χ3v) is 3.61. The minimum Gasteiger partial charge on any atom is -0.307 e. The van der Waals surface area contributed by atoms with Gasteiger partial charge in [0.15, 0.2) is 0 Å². The first-order chi connectivity index (χ1) is 8.13. The van der Waals surface area contributed by atoms with Crippen LogP contribution in [-0.2, 0) is 0 Å². The largest absolute Gasteiger partial charge is 0.323 e. The molecule has 0 spiro atoms. The van der Waals surface area contributed by atoms with Crippen molar-refractivity contribution in [1.29, 1.82) is 0 Å². The molecule has 0 bridgehead atoms. The van der Waals surface area contributed by atoms with Gasteiger partial charge in [-0.25, -0.2) is 4.79 Å². The Hall–Kier alpha value is -1.55. The van der Waals surface area contributed by atoms with E-state index in [0.29, 0.717) is 12.1 Å². The second kappa shape index (κ2) is 3.74. The van der Waals surface area contributed by atoms with Gasteiger partial charge in [-0.05, 0) is 37.0 Å². The maximum atomic E-state index is 11.2. The van der Waals surface area contributed by atoms with Gasteiger partial charge in [-0.2, -0.15) is 0 Å². The SMILES string of the molecule is CC(NC1CC1C)c1ccc2[nH]c(=O)[nH]c2c1. The summed E-state index contributed by atoms with van der Waals surface area (Å²) >= 11 is 0. The summed E-state index contributed by atoms with van der Waals surface area (Å²) in [7, 11) is 0. The van der Waals surface area contributed by atoms with Crippen molar-refractivity contribution in [3.63, 3.8) is 0 Å². The predicted molar refractivity (Wildman–Crippen MR) is 68.0 cm³/mol. The summed E-state index contributed by atoms with van der Waals surface area (Å²) in [6, 6.07) is 7.05. The number of aromatic amines is 2. The highest BCUT2D eigenvalue weighted by Gasteiger charge is 2.33. The number of H-pyrrole nitrogens is 2. The van der Waals surface area contributed by atoms with Gasteiger partial charge in [0.2, 0.25) is 0 Å². The Bertz CT molecular complexity index is 598. The number of fused-ring (bicyclic) bond motifs is 1. The molecule has 1 aromatic heterocycles. The van der Waals surface area contributed by atoms with E-state index in [4.69, 9.17) is 0 Å². The lowest BCUT2D eigenvalue weighted by molar-refractivity contribution is 0.552. The molecule has 3 N–H and O–H groups in total. The summed E-state index contributed by atoms with van der Waals surface area (Å²) in [6.07, 6.45) is 1.27. The maximum Gasteiger partial charge on any atom is 0.323 e. The fourth-order valence-electron chi connectivity index (χ4n) is 2.29. The summed E-state index contributed by atoms with van der Waals surface area (Å²) in [4.78, 5) is 16.7. The van der Waals surface area contributed by atoms with Gasteiger partial charge in [0.25, 0.3) is 0 Å². The maximum absolute atomic E-state index is 11.2. The lowest BCUT2D eigenvalue weighted by atomic mass is 10.1. The molecule has 3 unspecified atom stereocenters. The van der Waals surface area contributed by atoms with Crippen LogP contribution in [0.25, 0.3) is 11.0 Å². The Kier molecular flexibility index (Phi) is 2.33. The fraction of sp³-hybridized carbons (Fsp3) is 0.462. The Morgan fingerprint density at radius 1 is 1.35 bits per heavy atom. The number of rotatable bonds is 3. The predicted octanol–water partition coefficient (Wildman–Crippen LogP) is 1.92. The van der Waals surface area contributed by atoms with Crippen molar-refractivity contribution in [2.24, 2.45) is 5.92 Å². The molecule has 0 aliphatic heterocycles. The van der Waals surface area contributed by atoms with Crippen LogP contribution in [0.1, 0.15) is 31.9 Å². The van der Waals surface area contributed by atoms with Crippen LogP contribution in [0.4, 0.5) is 0 Å². The lowest BCUT2D eigenvalue weighted by Crippen LogP contribution is -2.21. The monoisotopic (exact) mass is 231 g/mol. The highest BCUT2D eigenvalue weighted by molar-refractivity contribution is 5.75. The number of imidazole rings is 1. The molecule has 1 aromatic carbocycles. The standard InChI is InChI=1S/C13H17N3O/c1-7-5-11(7)14-8(2)9-3-4-10-12(6-9)16-13(17)15-10/h3-4,6-8,11,14H,5H2,1-2H3,(H2,15,16,17). The minimum atomic E-state index is -0.145. The van der Waals surface area contributed by atoms with Crippen LogP contribution >= 0.6 is 0 Å². The van der Waals surface area contributed by atoms with Crippen LogP contribution in [-0.4, -0.2) is 16.0 Å². The molecule has 1 fully saturated rings. The van der Waals surface area contributed by atoms with Gasteiger partial charge < -0.3 is 15.3 Å². The van der Waals surface area contributed by atoms with Gasteiger partial charge in [-0.15, -0.1) is 0 Å². The minimum absolute atomic E-state index is 0.145. The molecular formula is C13H17N3O. The van der Waals surface area contributed by atoms with E-state index in [0.717, 1.165) is 17.0 Å². The van der Waals surface area contributed by atoms with Gasteiger partial charge in [-0.3, -0.25) is 0 Å². The van der Waals surface area contributed by atoms with Crippen LogP contribution in [0.3, 0.4) is 0 Å². The van der Waals surface area contributed by atoms with Gasteiger partial charge in [0, 0.05) is 12.1 Å². The molecule has 1 saturated carbocycles. The third kappa shape index (κ3) is 2.00. The zero-order valence-corrected chi connectivity index (χ0v) is 10.1. The first-order valence-corrected chi connectivity index (χ1v) is 6.11. The Balaban J connectivity index is 1.86. The Labute approximate surface area is 99.4 Å². The summed E-state index contributed by atoms with van der Waals surface area (Å²) in [5, 5.41) is 3.59. The normalized spacial score (nSPS) is 25.1. The van der Waals surface area contributed by atoms with Crippen molar-refractivity contribution in [3.8, 4) is 0 Å². The smallest absolute Gasteiger partial charge is 0.307 e. The molecule has 3 atom stereocenters. The summed E-state index contributed by atoms with van der Waals surface area (Å²) in [5.41, 5.74) is 2.82. The topological polar surface area (TPSA) is 60.7 Å². The van der Waals surface area contributed by atoms with E-state index < -0.39 is 0 Å². The molecule has 3 rings (SSSR count). The molecule has 1 aliphatic rings. The molecule has 4 nitrogen and oxygen atoms in total. The van der Waals surface area contributed by atoms with E-state index in [1.165, 1.54) is 12.0 Å². The second-order valence-corrected chi connectivity index (χ2v) is 5.09. The Morgan fingerprint density at radius 3 is 2.76 bits per heavy atom. The third-order valence-electron chi connectivity index (χ3n) is 3.61. The van der Waals surface area contributed by atoms with Gasteiger partial charge in [0.05, 0.1) is 11.0 Å². The van der Waals surface area contributed by atoms with Gasteiger partial charge >= 0.3 is 5.69 Å². The van der Waals surface area contributed by atoms with Crippen molar-refractivity contribution in [1.82, 2.24) is 15.3 Å². The molecule has 0 radical (unpaired) electrons. The van der Waals surface area contributed by atoms with Crippen molar-refractivity contribution in [2.45, 2.75) is 32.4 Å². The number of nitrogens with one attached hydrogen (secondary N) is 3. The number of aromatic nitrogens is 2. The number of benzene rings is 1. The number of hydrogen-bond acceptors (Lipinski definition) is 2. The molecule has 1 heterocycles. The summed E-state index contributed by atoms with van der Waals surface area (Å²) in [5.74, 6) is 0.799. The van der Waals surface area contributed by atoms with Crippen molar-refractivity contribution >= 4 is 11.0 Å². The zero-order valence-electron chi connectivity index (χ0n) is 10.1. The summed E-state index contributed by atoms with van der Waals surface area (Å²) < 4.78 is 0. The highest BCUT2D eigenvalue weighted by atomic mass is 16.1. The summed E-state index contributed by atoms with van der Waals surface area (Å²) in [6.45, 7) is 4.42. The van der Waals surface area contributed by atoms with Crippen LogP contribution in [0.15, 0.2) is 23.0 Å². The van der Waals surface area contributed by atoms with Crippen LogP contribution in [0, 0.1) is 5.92 Å². The van der Waals surface area contributed by atoms with Gasteiger partial charge in [-0.1, -0.05) is 13.0 Å². The van der Waals surface area contributed by atoms with E-state index in [-0.39, 0.29) is 5.69 Å². The molecule has 90 valence electrons.